The molecule has 4 aromatic rings. The third-order valence-electron chi connectivity index (χ3n) is 5.60. The molecule has 176 valence electrons. The topological polar surface area (TPSA) is 111 Å². The molecule has 4 rings (SSSR count). The Labute approximate surface area is 199 Å². The van der Waals surface area contributed by atoms with Crippen LogP contribution in [-0.4, -0.2) is 41.8 Å². The fourth-order valence-corrected chi connectivity index (χ4v) is 4.62. The minimum atomic E-state index is -0.665. The number of carbonyl (C=O) groups is 1. The summed E-state index contributed by atoms with van der Waals surface area (Å²) in [5, 5.41) is 12.3. The molecule has 2 N–H and O–H groups in total. The highest BCUT2D eigenvalue weighted by atomic mass is 32.2. The number of benzene rings is 2. The number of hydrogen-bond donors (Lipinski definition) is 2. The number of thioether (sulfide) groups is 1. The highest BCUT2D eigenvalue weighted by Gasteiger charge is 2.23. The summed E-state index contributed by atoms with van der Waals surface area (Å²) >= 11 is 1.10. The Kier molecular flexibility index (Phi) is 6.71. The molecule has 0 saturated carbocycles. The van der Waals surface area contributed by atoms with Crippen LogP contribution in [0.2, 0.25) is 0 Å². The first kappa shape index (κ1) is 23.5. The van der Waals surface area contributed by atoms with Crippen LogP contribution in [0.3, 0.4) is 0 Å². The van der Waals surface area contributed by atoms with Crippen LogP contribution >= 0.6 is 11.8 Å². The molecule has 1 atom stereocenters. The lowest BCUT2D eigenvalue weighted by Gasteiger charge is -2.15. The van der Waals surface area contributed by atoms with Crippen molar-refractivity contribution >= 4 is 34.3 Å². The Morgan fingerprint density at radius 3 is 2.47 bits per heavy atom. The van der Waals surface area contributed by atoms with Gasteiger partial charge in [0.25, 0.3) is 11.1 Å². The van der Waals surface area contributed by atoms with Crippen LogP contribution in [0.15, 0.2) is 69.3 Å². The molecule has 0 aliphatic carbocycles. The second kappa shape index (κ2) is 9.70. The van der Waals surface area contributed by atoms with Gasteiger partial charge in [-0.3, -0.25) is 23.6 Å². The Hall–Kier alpha value is -3.63. The molecule has 0 bridgehead atoms. The van der Waals surface area contributed by atoms with E-state index in [1.165, 1.54) is 9.25 Å². The highest BCUT2D eigenvalue weighted by molar-refractivity contribution is 8.00. The van der Waals surface area contributed by atoms with Gasteiger partial charge in [-0.05, 0) is 38.1 Å². The number of anilines is 1. The van der Waals surface area contributed by atoms with Crippen LogP contribution in [0.25, 0.3) is 16.6 Å². The van der Waals surface area contributed by atoms with Gasteiger partial charge in [-0.25, -0.2) is 9.67 Å². The van der Waals surface area contributed by atoms with Gasteiger partial charge in [-0.15, -0.1) is 0 Å². The summed E-state index contributed by atoms with van der Waals surface area (Å²) in [6.45, 7) is 3.26. The lowest BCUT2D eigenvalue weighted by atomic mass is 10.2. The van der Waals surface area contributed by atoms with Crippen molar-refractivity contribution < 1.29 is 9.90 Å². The molecule has 0 aliphatic rings. The summed E-state index contributed by atoms with van der Waals surface area (Å²) in [4.78, 5) is 43.6. The Balaban J connectivity index is 1.63. The zero-order chi connectivity index (χ0) is 24.4. The molecule has 1 amide bonds. The van der Waals surface area contributed by atoms with Gasteiger partial charge < -0.3 is 10.4 Å². The molecule has 34 heavy (non-hydrogen) atoms. The Morgan fingerprint density at radius 2 is 1.76 bits per heavy atom. The van der Waals surface area contributed by atoms with Crippen LogP contribution in [0, 0.1) is 6.92 Å². The van der Waals surface area contributed by atoms with E-state index in [1.807, 2.05) is 30.3 Å². The fourth-order valence-electron chi connectivity index (χ4n) is 3.68. The van der Waals surface area contributed by atoms with E-state index in [0.717, 1.165) is 11.8 Å². The molecule has 9 nitrogen and oxygen atoms in total. The van der Waals surface area contributed by atoms with Crippen LogP contribution < -0.4 is 16.4 Å². The zero-order valence-corrected chi connectivity index (χ0v) is 19.9. The molecule has 0 aliphatic heterocycles. The smallest absolute Gasteiger partial charge is 0.295 e. The fraction of sp³-hybridized carbons (Fsp3) is 0.250. The first-order valence-corrected chi connectivity index (χ1v) is 11.6. The minimum Gasteiger partial charge on any atom is -0.395 e. The van der Waals surface area contributed by atoms with E-state index in [9.17, 15) is 19.5 Å². The third kappa shape index (κ3) is 4.29. The predicted molar refractivity (Wildman–Crippen MR) is 133 cm³/mol. The number of hydrogen-bond acceptors (Lipinski definition) is 6. The molecule has 0 spiro atoms. The number of rotatable bonds is 7. The molecule has 0 radical (unpaired) electrons. The first-order chi connectivity index (χ1) is 16.3. The third-order valence-corrected chi connectivity index (χ3v) is 6.69. The molecule has 2 aromatic carbocycles. The highest BCUT2D eigenvalue weighted by Crippen LogP contribution is 2.24. The summed E-state index contributed by atoms with van der Waals surface area (Å²) in [7, 11) is 1.75. The maximum absolute atomic E-state index is 13.1. The summed E-state index contributed by atoms with van der Waals surface area (Å²) in [5.74, 6) is -0.394. The van der Waals surface area contributed by atoms with Gasteiger partial charge in [0.1, 0.15) is 5.69 Å². The first-order valence-electron chi connectivity index (χ1n) is 10.8. The minimum absolute atomic E-state index is 0.0624. The quantitative estimate of drug-likeness (QED) is 0.311. The molecule has 0 fully saturated rings. The van der Waals surface area contributed by atoms with E-state index in [1.54, 1.807) is 49.8 Å². The standard InChI is InChI=1S/C24H25N5O4S/c1-15-20(23(33)29(27(15)3)17-9-5-4-6-10-17)26-21(31)16(2)34-24-25-19-12-8-7-11-18(19)22(32)28(24)13-14-30/h4-12,16,30H,13-14H2,1-3H3,(H,26,31)/t16-/m0/s1. The van der Waals surface area contributed by atoms with Gasteiger partial charge in [-0.1, -0.05) is 42.1 Å². The number of aromatic nitrogens is 4. The molecule has 2 aromatic heterocycles. The predicted octanol–water partition coefficient (Wildman–Crippen LogP) is 2.31. The second-order valence-electron chi connectivity index (χ2n) is 7.78. The van der Waals surface area contributed by atoms with Gasteiger partial charge in [0.05, 0.1) is 40.7 Å². The van der Waals surface area contributed by atoms with E-state index >= 15 is 0 Å². The summed E-state index contributed by atoms with van der Waals surface area (Å²) in [6, 6.07) is 16.1. The van der Waals surface area contributed by atoms with Gasteiger partial charge in [-0.2, -0.15) is 0 Å². The maximum atomic E-state index is 13.1. The molecule has 2 heterocycles. The summed E-state index contributed by atoms with van der Waals surface area (Å²) < 4.78 is 4.55. The number of carbonyl (C=O) groups excluding carboxylic acids is 1. The van der Waals surface area contributed by atoms with Gasteiger partial charge in [0.2, 0.25) is 5.91 Å². The van der Waals surface area contributed by atoms with E-state index in [0.29, 0.717) is 27.4 Å². The number of para-hydroxylation sites is 2. The second-order valence-corrected chi connectivity index (χ2v) is 9.09. The van der Waals surface area contributed by atoms with Gasteiger partial charge in [0.15, 0.2) is 5.16 Å². The zero-order valence-electron chi connectivity index (χ0n) is 19.1. The van der Waals surface area contributed by atoms with Crippen molar-refractivity contribution in [2.75, 3.05) is 11.9 Å². The summed E-state index contributed by atoms with van der Waals surface area (Å²) in [6.07, 6.45) is 0. The van der Waals surface area contributed by atoms with Crippen molar-refractivity contribution in [2.24, 2.45) is 7.05 Å². The van der Waals surface area contributed by atoms with Crippen molar-refractivity contribution in [3.8, 4) is 5.69 Å². The van der Waals surface area contributed by atoms with Crippen LogP contribution in [-0.2, 0) is 18.4 Å². The van der Waals surface area contributed by atoms with Gasteiger partial charge >= 0.3 is 0 Å². The molecule has 10 heteroatoms. The van der Waals surface area contributed by atoms with E-state index < -0.39 is 11.2 Å². The largest absolute Gasteiger partial charge is 0.395 e. The lowest BCUT2D eigenvalue weighted by molar-refractivity contribution is -0.115. The number of nitrogens with one attached hydrogen (secondary N) is 1. The van der Waals surface area contributed by atoms with Crippen molar-refractivity contribution in [1.82, 2.24) is 18.9 Å². The number of amides is 1. The van der Waals surface area contributed by atoms with E-state index in [-0.39, 0.29) is 30.0 Å². The molecule has 0 unspecified atom stereocenters. The average Bonchev–Trinajstić information content (AvgIpc) is 3.05. The Morgan fingerprint density at radius 1 is 1.09 bits per heavy atom. The number of aliphatic hydroxyl groups excluding tert-OH is 1. The van der Waals surface area contributed by atoms with Crippen LogP contribution in [0.4, 0.5) is 5.69 Å². The number of aliphatic hydroxyl groups is 1. The monoisotopic (exact) mass is 479 g/mol. The Bertz CT molecular complexity index is 1470. The van der Waals surface area contributed by atoms with Gasteiger partial charge in [0, 0.05) is 7.05 Å². The number of fused-ring (bicyclic) bond motifs is 1. The molecular formula is C24H25N5O4S. The van der Waals surface area contributed by atoms with Crippen molar-refractivity contribution in [3.05, 3.63) is 81.0 Å². The van der Waals surface area contributed by atoms with E-state index in [4.69, 9.17) is 0 Å². The number of nitrogens with zero attached hydrogens (tertiary/aromatic N) is 4. The maximum Gasteiger partial charge on any atom is 0.295 e. The van der Waals surface area contributed by atoms with E-state index in [2.05, 4.69) is 10.3 Å². The van der Waals surface area contributed by atoms with Crippen LogP contribution in [0.5, 0.6) is 0 Å². The molecule has 0 saturated heterocycles. The lowest BCUT2D eigenvalue weighted by Crippen LogP contribution is -2.29. The summed E-state index contributed by atoms with van der Waals surface area (Å²) in [5.41, 5.74) is 1.40. The van der Waals surface area contributed by atoms with Crippen molar-refractivity contribution in [3.63, 3.8) is 0 Å². The molecular weight excluding hydrogens is 454 g/mol. The SMILES string of the molecule is Cc1c(NC(=O)[C@H](C)Sc2nc3ccccc3c(=O)n2CCO)c(=O)n(-c2ccccc2)n1C. The van der Waals surface area contributed by atoms with Crippen molar-refractivity contribution in [1.29, 1.82) is 0 Å². The average molecular weight is 480 g/mol. The van der Waals surface area contributed by atoms with Crippen molar-refractivity contribution in [2.45, 2.75) is 30.8 Å². The van der Waals surface area contributed by atoms with Crippen LogP contribution in [0.1, 0.15) is 12.6 Å². The normalized spacial score (nSPS) is 12.1.